The molecule has 9 heteroatoms. The van der Waals surface area contributed by atoms with E-state index in [2.05, 4.69) is 15.0 Å². The van der Waals surface area contributed by atoms with Crippen LogP contribution in [0.5, 0.6) is 0 Å². The van der Waals surface area contributed by atoms with Crippen molar-refractivity contribution >= 4 is 38.9 Å². The molecule has 4 rings (SSSR count). The van der Waals surface area contributed by atoms with Gasteiger partial charge in [-0.3, -0.25) is 4.79 Å². The molecule has 162 valence electrons. The van der Waals surface area contributed by atoms with Gasteiger partial charge < -0.3 is 5.32 Å². The fourth-order valence-corrected chi connectivity index (χ4v) is 5.55. The van der Waals surface area contributed by atoms with Crippen LogP contribution < -0.4 is 10.0 Å². The lowest BCUT2D eigenvalue weighted by Gasteiger charge is -2.10. The van der Waals surface area contributed by atoms with Crippen LogP contribution in [0.25, 0.3) is 11.3 Å². The maximum absolute atomic E-state index is 12.5. The molecule has 3 aromatic rings. The molecule has 1 heterocycles. The zero-order valence-corrected chi connectivity index (χ0v) is 19.3. The van der Waals surface area contributed by atoms with Gasteiger partial charge in [0.1, 0.15) is 4.90 Å². The average Bonchev–Trinajstić information content (AvgIpc) is 3.44. The Labute approximate surface area is 190 Å². The number of nitrogens with one attached hydrogen (secondary N) is 2. The molecule has 1 fully saturated rings. The van der Waals surface area contributed by atoms with Gasteiger partial charge in [0.25, 0.3) is 5.91 Å². The first kappa shape index (κ1) is 22.0. The first-order valence-electron chi connectivity index (χ1n) is 9.93. The second-order valence-corrected chi connectivity index (χ2v) is 10.6. The molecule has 1 aromatic heterocycles. The Morgan fingerprint density at radius 2 is 1.94 bits per heavy atom. The summed E-state index contributed by atoms with van der Waals surface area (Å²) in [6.45, 7) is 2.41. The summed E-state index contributed by atoms with van der Waals surface area (Å²) in [5, 5.41) is 6.00. The first-order valence-corrected chi connectivity index (χ1v) is 12.7. The Hall–Kier alpha value is -2.26. The van der Waals surface area contributed by atoms with Crippen molar-refractivity contribution in [1.29, 1.82) is 0 Å². The Morgan fingerprint density at radius 1 is 1.19 bits per heavy atom. The smallest absolute Gasteiger partial charge is 0.251 e. The van der Waals surface area contributed by atoms with Crippen LogP contribution >= 0.6 is 22.9 Å². The van der Waals surface area contributed by atoms with Gasteiger partial charge in [-0.1, -0.05) is 35.9 Å². The largest absolute Gasteiger partial charge is 0.352 e. The Balaban J connectivity index is 1.36. The summed E-state index contributed by atoms with van der Waals surface area (Å²) in [6.07, 6.45) is 2.30. The van der Waals surface area contributed by atoms with E-state index in [0.29, 0.717) is 13.0 Å². The fraction of sp³-hybridized carbons (Fsp3) is 0.273. The normalized spacial score (nSPS) is 13.9. The van der Waals surface area contributed by atoms with Crippen LogP contribution in [0, 0.1) is 6.92 Å². The van der Waals surface area contributed by atoms with Crippen molar-refractivity contribution in [3.8, 4) is 11.3 Å². The Bertz CT molecular complexity index is 1200. The van der Waals surface area contributed by atoms with Crippen LogP contribution in [0.2, 0.25) is 5.02 Å². The molecule has 1 aliphatic rings. The van der Waals surface area contributed by atoms with E-state index in [-0.39, 0.29) is 27.4 Å². The van der Waals surface area contributed by atoms with Crippen LogP contribution in [0.1, 0.15) is 33.8 Å². The Kier molecular flexibility index (Phi) is 6.43. The lowest BCUT2D eigenvalue weighted by atomic mass is 10.1. The van der Waals surface area contributed by atoms with E-state index in [1.807, 2.05) is 36.6 Å². The number of benzene rings is 2. The summed E-state index contributed by atoms with van der Waals surface area (Å²) in [5.41, 5.74) is 3.37. The number of rotatable bonds is 8. The van der Waals surface area contributed by atoms with Crippen molar-refractivity contribution in [2.24, 2.45) is 0 Å². The Morgan fingerprint density at radius 3 is 2.58 bits per heavy atom. The van der Waals surface area contributed by atoms with Crippen LogP contribution in [0.4, 0.5) is 0 Å². The van der Waals surface area contributed by atoms with E-state index in [1.54, 1.807) is 11.3 Å². The van der Waals surface area contributed by atoms with E-state index in [0.717, 1.165) is 34.7 Å². The SMILES string of the molecule is Cc1nc(-c2ccc(CCNC(=O)c3ccc(Cl)c(S(=O)(=O)NC4CC4)c3)cc2)cs1. The third-order valence-corrected chi connectivity index (χ3v) is 7.73. The van der Waals surface area contributed by atoms with Crippen LogP contribution in [0.15, 0.2) is 52.7 Å². The summed E-state index contributed by atoms with van der Waals surface area (Å²) in [6, 6.07) is 12.3. The number of aromatic nitrogens is 1. The molecule has 0 bridgehead atoms. The van der Waals surface area contributed by atoms with Crippen molar-refractivity contribution in [2.45, 2.75) is 37.1 Å². The minimum absolute atomic E-state index is 0.0375. The number of carbonyl (C=O) groups is 1. The van der Waals surface area contributed by atoms with Gasteiger partial charge in [-0.05, 0) is 49.9 Å². The molecule has 0 saturated heterocycles. The summed E-state index contributed by atoms with van der Waals surface area (Å²) in [5.74, 6) is -0.339. The molecule has 2 aromatic carbocycles. The van der Waals surface area contributed by atoms with Gasteiger partial charge in [-0.25, -0.2) is 18.1 Å². The van der Waals surface area contributed by atoms with Crippen molar-refractivity contribution < 1.29 is 13.2 Å². The van der Waals surface area contributed by atoms with Gasteiger partial charge in [0, 0.05) is 29.1 Å². The van der Waals surface area contributed by atoms with Crippen LogP contribution in [0.3, 0.4) is 0 Å². The lowest BCUT2D eigenvalue weighted by Crippen LogP contribution is -2.28. The van der Waals surface area contributed by atoms with Gasteiger partial charge in [-0.15, -0.1) is 11.3 Å². The molecule has 0 unspecified atom stereocenters. The molecule has 0 atom stereocenters. The number of nitrogens with zero attached hydrogens (tertiary/aromatic N) is 1. The topological polar surface area (TPSA) is 88.2 Å². The summed E-state index contributed by atoms with van der Waals surface area (Å²) in [4.78, 5) is 16.9. The number of hydrogen-bond acceptors (Lipinski definition) is 5. The van der Waals surface area contributed by atoms with Gasteiger partial charge in [0.05, 0.1) is 15.7 Å². The maximum Gasteiger partial charge on any atom is 0.251 e. The molecule has 2 N–H and O–H groups in total. The first-order chi connectivity index (χ1) is 14.8. The predicted molar refractivity (Wildman–Crippen MR) is 123 cm³/mol. The molecule has 0 spiro atoms. The zero-order valence-electron chi connectivity index (χ0n) is 16.9. The van der Waals surface area contributed by atoms with Crippen molar-refractivity contribution in [2.75, 3.05) is 6.54 Å². The monoisotopic (exact) mass is 475 g/mol. The number of carbonyl (C=O) groups excluding carboxylic acids is 1. The minimum Gasteiger partial charge on any atom is -0.352 e. The van der Waals surface area contributed by atoms with E-state index in [4.69, 9.17) is 11.6 Å². The van der Waals surface area contributed by atoms with Crippen molar-refractivity contribution in [3.63, 3.8) is 0 Å². The van der Waals surface area contributed by atoms with E-state index < -0.39 is 10.0 Å². The highest BCUT2D eigenvalue weighted by Gasteiger charge is 2.29. The number of sulfonamides is 1. The second kappa shape index (κ2) is 9.08. The van der Waals surface area contributed by atoms with E-state index >= 15 is 0 Å². The van der Waals surface area contributed by atoms with Crippen LogP contribution in [-0.2, 0) is 16.4 Å². The summed E-state index contributed by atoms with van der Waals surface area (Å²) < 4.78 is 27.5. The quantitative estimate of drug-likeness (QED) is 0.511. The molecule has 6 nitrogen and oxygen atoms in total. The molecular weight excluding hydrogens is 454 g/mol. The van der Waals surface area contributed by atoms with Gasteiger partial charge in [-0.2, -0.15) is 0 Å². The van der Waals surface area contributed by atoms with Gasteiger partial charge >= 0.3 is 0 Å². The molecule has 1 aliphatic carbocycles. The number of halogens is 1. The highest BCUT2D eigenvalue weighted by Crippen LogP contribution is 2.27. The molecular formula is C22H22ClN3O3S2. The standard InChI is InChI=1S/C22H22ClN3O3S2/c1-14-25-20(13-30-14)16-4-2-15(3-5-16)10-11-24-22(27)17-6-9-19(23)21(12-17)31(28,29)26-18-7-8-18/h2-6,9,12-13,18,26H,7-8,10-11H2,1H3,(H,24,27). The number of hydrogen-bond donors (Lipinski definition) is 2. The van der Waals surface area contributed by atoms with Crippen LogP contribution in [-0.4, -0.2) is 31.9 Å². The van der Waals surface area contributed by atoms with Gasteiger partial charge in [0.15, 0.2) is 0 Å². The number of aryl methyl sites for hydroxylation is 1. The number of amides is 1. The van der Waals surface area contributed by atoms with Crippen molar-refractivity contribution in [1.82, 2.24) is 15.0 Å². The third-order valence-electron chi connectivity index (χ3n) is 4.95. The third kappa shape index (κ3) is 5.51. The highest BCUT2D eigenvalue weighted by atomic mass is 35.5. The average molecular weight is 476 g/mol. The minimum atomic E-state index is -3.74. The molecule has 0 aliphatic heterocycles. The molecule has 0 radical (unpaired) electrons. The summed E-state index contributed by atoms with van der Waals surface area (Å²) >= 11 is 7.70. The molecule has 1 amide bonds. The zero-order chi connectivity index (χ0) is 22.0. The van der Waals surface area contributed by atoms with E-state index in [9.17, 15) is 13.2 Å². The molecule has 1 saturated carbocycles. The molecule has 31 heavy (non-hydrogen) atoms. The maximum atomic E-state index is 12.5. The van der Waals surface area contributed by atoms with E-state index in [1.165, 1.54) is 18.2 Å². The van der Waals surface area contributed by atoms with Crippen molar-refractivity contribution in [3.05, 3.63) is 69.0 Å². The fourth-order valence-electron chi connectivity index (χ4n) is 3.10. The lowest BCUT2D eigenvalue weighted by molar-refractivity contribution is 0.0954. The summed E-state index contributed by atoms with van der Waals surface area (Å²) in [7, 11) is -3.74. The predicted octanol–water partition coefficient (Wildman–Crippen LogP) is 4.19. The second-order valence-electron chi connectivity index (χ2n) is 7.50. The van der Waals surface area contributed by atoms with Gasteiger partial charge in [0.2, 0.25) is 10.0 Å². The number of thiazole rings is 1. The highest BCUT2D eigenvalue weighted by molar-refractivity contribution is 7.89.